The molecule has 1 aliphatic rings. The smallest absolute Gasteiger partial charge is 0.161 e. The largest absolute Gasteiger partial charge is 0.232 e. The molecule has 2 aromatic carbocycles. The number of fused-ring (bicyclic) bond motifs is 2. The SMILES string of the molecule is Clc1nc(-c2ccc3ccccc3c2)nc2c1CSC2. The minimum Gasteiger partial charge on any atom is -0.232 e. The van der Waals surface area contributed by atoms with Crippen molar-refractivity contribution in [2.75, 3.05) is 0 Å². The van der Waals surface area contributed by atoms with E-state index in [0.29, 0.717) is 5.15 Å². The van der Waals surface area contributed by atoms with Crippen molar-refractivity contribution in [1.82, 2.24) is 9.97 Å². The standard InChI is InChI=1S/C16H11ClN2S/c17-15-13-8-20-9-14(13)18-16(19-15)12-6-5-10-3-1-2-4-11(10)7-12/h1-7H,8-9H2. The van der Waals surface area contributed by atoms with Gasteiger partial charge in [0.1, 0.15) is 5.15 Å². The average Bonchev–Trinajstić information content (AvgIpc) is 2.96. The van der Waals surface area contributed by atoms with Crippen LogP contribution in [0.3, 0.4) is 0 Å². The Morgan fingerprint density at radius 3 is 2.70 bits per heavy atom. The molecule has 0 N–H and O–H groups in total. The second-order valence-corrected chi connectivity index (χ2v) is 6.16. The summed E-state index contributed by atoms with van der Waals surface area (Å²) in [4.78, 5) is 9.14. The third kappa shape index (κ3) is 1.98. The topological polar surface area (TPSA) is 25.8 Å². The van der Waals surface area contributed by atoms with E-state index >= 15 is 0 Å². The maximum Gasteiger partial charge on any atom is 0.161 e. The van der Waals surface area contributed by atoms with Crippen molar-refractivity contribution >= 4 is 34.1 Å². The van der Waals surface area contributed by atoms with Gasteiger partial charge in [0, 0.05) is 22.6 Å². The number of benzene rings is 2. The van der Waals surface area contributed by atoms with Gasteiger partial charge in [-0.15, -0.1) is 0 Å². The molecule has 1 aliphatic heterocycles. The lowest BCUT2D eigenvalue weighted by molar-refractivity contribution is 1.07. The Kier molecular flexibility index (Phi) is 2.90. The van der Waals surface area contributed by atoms with Crippen molar-refractivity contribution in [2.24, 2.45) is 0 Å². The Hall–Kier alpha value is -1.58. The molecule has 3 aromatic rings. The van der Waals surface area contributed by atoms with Gasteiger partial charge in [0.2, 0.25) is 0 Å². The summed E-state index contributed by atoms with van der Waals surface area (Å²) in [5.74, 6) is 2.58. The maximum atomic E-state index is 6.28. The first-order valence-corrected chi connectivity index (χ1v) is 7.97. The summed E-state index contributed by atoms with van der Waals surface area (Å²) in [6, 6.07) is 14.6. The van der Waals surface area contributed by atoms with E-state index in [-0.39, 0.29) is 0 Å². The molecule has 1 aromatic heterocycles. The van der Waals surface area contributed by atoms with Gasteiger partial charge < -0.3 is 0 Å². The van der Waals surface area contributed by atoms with Crippen LogP contribution in [0.25, 0.3) is 22.2 Å². The van der Waals surface area contributed by atoms with Gasteiger partial charge in [0.15, 0.2) is 5.82 Å². The lowest BCUT2D eigenvalue weighted by Gasteiger charge is -2.06. The molecule has 0 radical (unpaired) electrons. The van der Waals surface area contributed by atoms with Crippen LogP contribution < -0.4 is 0 Å². The molecule has 0 unspecified atom stereocenters. The second kappa shape index (κ2) is 4.76. The Labute approximate surface area is 126 Å². The zero-order chi connectivity index (χ0) is 13.5. The molecular formula is C16H11ClN2S. The molecule has 0 bridgehead atoms. The molecular weight excluding hydrogens is 288 g/mol. The zero-order valence-electron chi connectivity index (χ0n) is 10.6. The van der Waals surface area contributed by atoms with Crippen molar-refractivity contribution in [3.63, 3.8) is 0 Å². The first kappa shape index (κ1) is 12.2. The summed E-state index contributed by atoms with van der Waals surface area (Å²) in [7, 11) is 0. The number of nitrogens with zero attached hydrogens (tertiary/aromatic N) is 2. The van der Waals surface area contributed by atoms with Crippen LogP contribution in [0.1, 0.15) is 11.3 Å². The van der Waals surface area contributed by atoms with E-state index in [1.165, 1.54) is 10.8 Å². The minimum atomic E-state index is 0.600. The number of aromatic nitrogens is 2. The van der Waals surface area contributed by atoms with Crippen molar-refractivity contribution in [3.05, 3.63) is 58.9 Å². The molecule has 98 valence electrons. The van der Waals surface area contributed by atoms with Gasteiger partial charge in [-0.2, -0.15) is 11.8 Å². The summed E-state index contributed by atoms with van der Waals surface area (Å²) in [6.45, 7) is 0. The highest BCUT2D eigenvalue weighted by Gasteiger charge is 2.19. The molecule has 4 rings (SSSR count). The Balaban J connectivity index is 1.88. The molecule has 2 heterocycles. The third-order valence-electron chi connectivity index (χ3n) is 3.54. The monoisotopic (exact) mass is 298 g/mol. The van der Waals surface area contributed by atoms with Gasteiger partial charge in [-0.25, -0.2) is 9.97 Å². The zero-order valence-corrected chi connectivity index (χ0v) is 12.2. The lowest BCUT2D eigenvalue weighted by atomic mass is 10.1. The van der Waals surface area contributed by atoms with E-state index in [2.05, 4.69) is 40.3 Å². The highest BCUT2D eigenvalue weighted by Crippen LogP contribution is 2.34. The van der Waals surface area contributed by atoms with E-state index < -0.39 is 0 Å². The van der Waals surface area contributed by atoms with Crippen LogP contribution in [0.2, 0.25) is 5.15 Å². The van der Waals surface area contributed by atoms with Crippen molar-refractivity contribution < 1.29 is 0 Å². The molecule has 0 fully saturated rings. The summed E-state index contributed by atoms with van der Waals surface area (Å²) in [5.41, 5.74) is 3.20. The molecule has 0 spiro atoms. The van der Waals surface area contributed by atoms with E-state index in [4.69, 9.17) is 11.6 Å². The van der Waals surface area contributed by atoms with Gasteiger partial charge in [-0.3, -0.25) is 0 Å². The van der Waals surface area contributed by atoms with Crippen LogP contribution in [0.4, 0.5) is 0 Å². The van der Waals surface area contributed by atoms with Gasteiger partial charge in [-0.05, 0) is 16.8 Å². The fraction of sp³-hybridized carbons (Fsp3) is 0.125. The molecule has 0 atom stereocenters. The lowest BCUT2D eigenvalue weighted by Crippen LogP contribution is -1.97. The molecule has 0 saturated heterocycles. The highest BCUT2D eigenvalue weighted by molar-refractivity contribution is 7.98. The first-order chi connectivity index (χ1) is 9.81. The fourth-order valence-electron chi connectivity index (χ4n) is 2.47. The molecule has 0 saturated carbocycles. The van der Waals surface area contributed by atoms with Gasteiger partial charge in [0.25, 0.3) is 0 Å². The average molecular weight is 299 g/mol. The summed E-state index contributed by atoms with van der Waals surface area (Å²) in [6.07, 6.45) is 0. The van der Waals surface area contributed by atoms with Crippen LogP contribution in [-0.4, -0.2) is 9.97 Å². The molecule has 0 aliphatic carbocycles. The summed E-state index contributed by atoms with van der Waals surface area (Å²) in [5, 5.41) is 3.02. The van der Waals surface area contributed by atoms with Crippen LogP contribution in [0.15, 0.2) is 42.5 Å². The summed E-state index contributed by atoms with van der Waals surface area (Å²) >= 11 is 8.12. The van der Waals surface area contributed by atoms with Crippen molar-refractivity contribution in [3.8, 4) is 11.4 Å². The number of hydrogen-bond acceptors (Lipinski definition) is 3. The number of hydrogen-bond donors (Lipinski definition) is 0. The number of rotatable bonds is 1. The maximum absolute atomic E-state index is 6.28. The number of thioether (sulfide) groups is 1. The van der Waals surface area contributed by atoms with Crippen LogP contribution >= 0.6 is 23.4 Å². The van der Waals surface area contributed by atoms with E-state index in [0.717, 1.165) is 34.2 Å². The Morgan fingerprint density at radius 1 is 0.950 bits per heavy atom. The molecule has 0 amide bonds. The third-order valence-corrected chi connectivity index (χ3v) is 4.82. The predicted octanol–water partition coefficient (Wildman–Crippen LogP) is 4.70. The highest BCUT2D eigenvalue weighted by atomic mass is 35.5. The van der Waals surface area contributed by atoms with E-state index in [9.17, 15) is 0 Å². The Morgan fingerprint density at radius 2 is 1.80 bits per heavy atom. The minimum absolute atomic E-state index is 0.600. The normalized spacial score (nSPS) is 13.7. The first-order valence-electron chi connectivity index (χ1n) is 6.43. The second-order valence-electron chi connectivity index (χ2n) is 4.82. The van der Waals surface area contributed by atoms with Crippen LogP contribution in [0.5, 0.6) is 0 Å². The van der Waals surface area contributed by atoms with Gasteiger partial charge in [0.05, 0.1) is 5.69 Å². The Bertz CT molecular complexity index is 817. The van der Waals surface area contributed by atoms with E-state index in [1.54, 1.807) is 0 Å². The van der Waals surface area contributed by atoms with Gasteiger partial charge in [-0.1, -0.05) is 48.0 Å². The fourth-order valence-corrected chi connectivity index (χ4v) is 3.85. The quantitative estimate of drug-likeness (QED) is 0.609. The molecule has 20 heavy (non-hydrogen) atoms. The summed E-state index contributed by atoms with van der Waals surface area (Å²) < 4.78 is 0. The number of halogens is 1. The van der Waals surface area contributed by atoms with Crippen molar-refractivity contribution in [2.45, 2.75) is 11.5 Å². The van der Waals surface area contributed by atoms with E-state index in [1.807, 2.05) is 23.9 Å². The predicted molar refractivity (Wildman–Crippen MR) is 85.0 cm³/mol. The molecule has 2 nitrogen and oxygen atoms in total. The molecule has 4 heteroatoms. The van der Waals surface area contributed by atoms with Crippen LogP contribution in [-0.2, 0) is 11.5 Å². The van der Waals surface area contributed by atoms with Gasteiger partial charge >= 0.3 is 0 Å². The van der Waals surface area contributed by atoms with Crippen molar-refractivity contribution in [1.29, 1.82) is 0 Å². The van der Waals surface area contributed by atoms with Crippen LogP contribution in [0, 0.1) is 0 Å².